The molecular formula is C10H5BrClFN4O2. The summed E-state index contributed by atoms with van der Waals surface area (Å²) < 4.78 is 13.7. The predicted molar refractivity (Wildman–Crippen MR) is 71.1 cm³/mol. The zero-order valence-electron chi connectivity index (χ0n) is 9.10. The van der Waals surface area contributed by atoms with E-state index in [0.29, 0.717) is 4.47 Å². The Morgan fingerprint density at radius 1 is 1.42 bits per heavy atom. The smallest absolute Gasteiger partial charge is 0.333 e. The Morgan fingerprint density at radius 3 is 2.84 bits per heavy atom. The zero-order chi connectivity index (χ0) is 14.0. The average Bonchev–Trinajstić information content (AvgIpc) is 2.33. The van der Waals surface area contributed by atoms with E-state index in [-0.39, 0.29) is 16.7 Å². The van der Waals surface area contributed by atoms with Crippen molar-refractivity contribution < 1.29 is 9.31 Å². The second-order valence-electron chi connectivity index (χ2n) is 3.37. The van der Waals surface area contributed by atoms with Gasteiger partial charge >= 0.3 is 5.69 Å². The van der Waals surface area contributed by atoms with Crippen LogP contribution in [0.4, 0.5) is 21.6 Å². The maximum Gasteiger partial charge on any atom is 0.348 e. The van der Waals surface area contributed by atoms with Crippen LogP contribution in [0.5, 0.6) is 0 Å². The topological polar surface area (TPSA) is 81.0 Å². The lowest BCUT2D eigenvalue weighted by Gasteiger charge is -2.08. The van der Waals surface area contributed by atoms with Gasteiger partial charge in [0.1, 0.15) is 12.1 Å². The fourth-order valence-corrected chi connectivity index (χ4v) is 1.88. The molecule has 0 spiro atoms. The van der Waals surface area contributed by atoms with Crippen molar-refractivity contribution in [1.29, 1.82) is 0 Å². The largest absolute Gasteiger partial charge is 0.348 e. The van der Waals surface area contributed by atoms with Crippen LogP contribution in [0.15, 0.2) is 29.0 Å². The first kappa shape index (κ1) is 13.6. The van der Waals surface area contributed by atoms with E-state index in [0.717, 1.165) is 6.33 Å². The van der Waals surface area contributed by atoms with Gasteiger partial charge in [-0.25, -0.2) is 14.4 Å². The lowest BCUT2D eigenvalue weighted by Crippen LogP contribution is -2.02. The molecule has 0 aliphatic carbocycles. The second-order valence-corrected chi connectivity index (χ2v) is 4.58. The molecule has 0 saturated carbocycles. The molecule has 0 saturated heterocycles. The van der Waals surface area contributed by atoms with E-state index >= 15 is 0 Å². The minimum atomic E-state index is -0.710. The average molecular weight is 348 g/mol. The Bertz CT molecular complexity index is 655. The van der Waals surface area contributed by atoms with Gasteiger partial charge in [-0.15, -0.1) is 0 Å². The van der Waals surface area contributed by atoms with Gasteiger partial charge in [-0.05, 0) is 34.1 Å². The number of hydrogen-bond acceptors (Lipinski definition) is 5. The van der Waals surface area contributed by atoms with E-state index in [1.807, 2.05) is 0 Å². The van der Waals surface area contributed by atoms with Gasteiger partial charge in [0, 0.05) is 4.47 Å². The van der Waals surface area contributed by atoms with E-state index in [9.17, 15) is 14.5 Å². The maximum atomic E-state index is 13.1. The standard InChI is InChI=1S/C10H5BrClFN4O2/c11-6-2-1-5(13)3-7(6)16-10-8(17(18)19)9(12)14-4-15-10/h1-4H,(H,14,15,16). The highest BCUT2D eigenvalue weighted by molar-refractivity contribution is 9.10. The third-order valence-electron chi connectivity index (χ3n) is 2.14. The van der Waals surface area contributed by atoms with Crippen molar-refractivity contribution in [3.8, 4) is 0 Å². The van der Waals surface area contributed by atoms with E-state index in [2.05, 4.69) is 31.2 Å². The zero-order valence-corrected chi connectivity index (χ0v) is 11.4. The quantitative estimate of drug-likeness (QED) is 0.520. The molecule has 1 heterocycles. The number of nitro groups is 1. The summed E-state index contributed by atoms with van der Waals surface area (Å²) in [4.78, 5) is 17.5. The van der Waals surface area contributed by atoms with Crippen LogP contribution >= 0.6 is 27.5 Å². The first-order chi connectivity index (χ1) is 8.99. The molecule has 1 N–H and O–H groups in total. The van der Waals surface area contributed by atoms with Crippen molar-refractivity contribution in [3.05, 3.63) is 50.1 Å². The summed E-state index contributed by atoms with van der Waals surface area (Å²) in [6, 6.07) is 3.88. The van der Waals surface area contributed by atoms with E-state index in [1.54, 1.807) is 0 Å². The van der Waals surface area contributed by atoms with Crippen molar-refractivity contribution in [2.24, 2.45) is 0 Å². The molecule has 0 radical (unpaired) electrons. The molecule has 2 aromatic rings. The third kappa shape index (κ3) is 2.96. The molecule has 1 aromatic heterocycles. The summed E-state index contributed by atoms with van der Waals surface area (Å²) in [6.07, 6.45) is 1.07. The van der Waals surface area contributed by atoms with Crippen molar-refractivity contribution in [2.75, 3.05) is 5.32 Å². The van der Waals surface area contributed by atoms with Gasteiger partial charge in [-0.3, -0.25) is 10.1 Å². The summed E-state index contributed by atoms with van der Waals surface area (Å²) in [6.45, 7) is 0. The van der Waals surface area contributed by atoms with Crippen molar-refractivity contribution in [1.82, 2.24) is 9.97 Å². The summed E-state index contributed by atoms with van der Waals surface area (Å²) in [5, 5.41) is 13.2. The SMILES string of the molecule is O=[N+]([O-])c1c(Cl)ncnc1Nc1cc(F)ccc1Br. The molecule has 0 bridgehead atoms. The molecule has 0 aliphatic heterocycles. The lowest BCUT2D eigenvalue weighted by atomic mass is 10.3. The monoisotopic (exact) mass is 346 g/mol. The number of nitrogens with zero attached hydrogens (tertiary/aromatic N) is 3. The van der Waals surface area contributed by atoms with Crippen LogP contribution in [0.3, 0.4) is 0 Å². The summed E-state index contributed by atoms with van der Waals surface area (Å²) in [7, 11) is 0. The molecule has 1 aromatic carbocycles. The highest BCUT2D eigenvalue weighted by Crippen LogP contribution is 2.33. The molecule has 6 nitrogen and oxygen atoms in total. The Labute approximate surface area is 119 Å². The van der Waals surface area contributed by atoms with Crippen molar-refractivity contribution in [2.45, 2.75) is 0 Å². The van der Waals surface area contributed by atoms with Gasteiger partial charge in [0.25, 0.3) is 0 Å². The highest BCUT2D eigenvalue weighted by atomic mass is 79.9. The molecule has 0 fully saturated rings. The number of halogens is 3. The van der Waals surface area contributed by atoms with Crippen molar-refractivity contribution >= 4 is 44.7 Å². The van der Waals surface area contributed by atoms with Crippen LogP contribution in [0.25, 0.3) is 0 Å². The van der Waals surface area contributed by atoms with E-state index in [4.69, 9.17) is 11.6 Å². The predicted octanol–water partition coefficient (Wildman–Crippen LogP) is 3.68. The molecular weight excluding hydrogens is 342 g/mol. The van der Waals surface area contributed by atoms with E-state index < -0.39 is 16.4 Å². The van der Waals surface area contributed by atoms with Crippen LogP contribution in [0.2, 0.25) is 5.15 Å². The van der Waals surface area contributed by atoms with Gasteiger partial charge in [0.15, 0.2) is 0 Å². The first-order valence-electron chi connectivity index (χ1n) is 4.86. The van der Waals surface area contributed by atoms with Crippen LogP contribution in [-0.4, -0.2) is 14.9 Å². The third-order valence-corrected chi connectivity index (χ3v) is 3.11. The molecule has 9 heteroatoms. The summed E-state index contributed by atoms with van der Waals surface area (Å²) in [5.74, 6) is -0.607. The number of rotatable bonds is 3. The molecule has 98 valence electrons. The molecule has 2 rings (SSSR count). The Hall–Kier alpha value is -1.80. The molecule has 0 unspecified atom stereocenters. The minimum Gasteiger partial charge on any atom is -0.333 e. The van der Waals surface area contributed by atoms with Crippen LogP contribution in [0.1, 0.15) is 0 Å². The Kier molecular flexibility index (Phi) is 3.91. The summed E-state index contributed by atoms with van der Waals surface area (Å²) >= 11 is 8.84. The molecule has 19 heavy (non-hydrogen) atoms. The summed E-state index contributed by atoms with van der Waals surface area (Å²) in [5.41, 5.74) is -0.182. The van der Waals surface area contributed by atoms with Crippen molar-refractivity contribution in [3.63, 3.8) is 0 Å². The van der Waals surface area contributed by atoms with Gasteiger partial charge < -0.3 is 5.32 Å². The number of nitrogens with one attached hydrogen (secondary N) is 1. The van der Waals surface area contributed by atoms with Gasteiger partial charge in [0.2, 0.25) is 11.0 Å². The minimum absolute atomic E-state index is 0.115. The van der Waals surface area contributed by atoms with Crippen LogP contribution in [0, 0.1) is 15.9 Å². The van der Waals surface area contributed by atoms with Gasteiger partial charge in [-0.2, -0.15) is 0 Å². The highest BCUT2D eigenvalue weighted by Gasteiger charge is 2.22. The number of anilines is 2. The molecule has 0 amide bonds. The maximum absolute atomic E-state index is 13.1. The normalized spacial score (nSPS) is 10.3. The van der Waals surface area contributed by atoms with Crippen LogP contribution < -0.4 is 5.32 Å². The number of benzene rings is 1. The second kappa shape index (κ2) is 5.45. The fraction of sp³-hybridized carbons (Fsp3) is 0. The van der Waals surface area contributed by atoms with E-state index in [1.165, 1.54) is 18.2 Å². The fourth-order valence-electron chi connectivity index (χ4n) is 1.33. The lowest BCUT2D eigenvalue weighted by molar-refractivity contribution is -0.384. The number of hydrogen-bond donors (Lipinski definition) is 1. The number of aromatic nitrogens is 2. The Morgan fingerprint density at radius 2 is 2.16 bits per heavy atom. The first-order valence-corrected chi connectivity index (χ1v) is 6.03. The Balaban J connectivity index is 2.46. The van der Waals surface area contributed by atoms with Crippen LogP contribution in [-0.2, 0) is 0 Å². The molecule has 0 aliphatic rings. The molecule has 0 atom stereocenters. The van der Waals surface area contributed by atoms with Gasteiger partial charge in [0.05, 0.1) is 10.6 Å². The van der Waals surface area contributed by atoms with Gasteiger partial charge in [-0.1, -0.05) is 11.6 Å².